The maximum Gasteiger partial charge on any atom is 0.261 e. The molecule has 0 saturated heterocycles. The van der Waals surface area contributed by atoms with Crippen LogP contribution in [-0.2, 0) is 0 Å². The molecular formula is C24H21ClN4O2. The van der Waals surface area contributed by atoms with E-state index in [9.17, 15) is 9.90 Å². The second-order valence-electron chi connectivity index (χ2n) is 7.88. The fourth-order valence-electron chi connectivity index (χ4n) is 4.27. The highest BCUT2D eigenvalue weighted by Crippen LogP contribution is 2.31. The van der Waals surface area contributed by atoms with Gasteiger partial charge in [0.1, 0.15) is 5.52 Å². The zero-order valence-corrected chi connectivity index (χ0v) is 17.5. The number of rotatable bonds is 3. The molecule has 0 bridgehead atoms. The molecule has 3 aromatic heterocycles. The second kappa shape index (κ2) is 8.21. The van der Waals surface area contributed by atoms with Crippen LogP contribution in [-0.4, -0.2) is 30.7 Å². The number of halogens is 1. The Morgan fingerprint density at radius 1 is 1.06 bits per heavy atom. The first-order chi connectivity index (χ1) is 15.1. The summed E-state index contributed by atoms with van der Waals surface area (Å²) in [7, 11) is 0. The number of pyridine rings is 2. The van der Waals surface area contributed by atoms with E-state index in [0.29, 0.717) is 33.7 Å². The summed E-state index contributed by atoms with van der Waals surface area (Å²) in [5, 5.41) is 11.6. The highest BCUT2D eigenvalue weighted by atomic mass is 35.5. The van der Waals surface area contributed by atoms with Crippen LogP contribution in [0.2, 0.25) is 5.02 Å². The first-order valence-electron chi connectivity index (χ1n) is 10.4. The maximum absolute atomic E-state index is 13.5. The normalized spacial score (nSPS) is 18.9. The van der Waals surface area contributed by atoms with Crippen LogP contribution in [0.3, 0.4) is 0 Å². The minimum atomic E-state index is -0.541. The Bertz CT molecular complexity index is 1290. The molecule has 31 heavy (non-hydrogen) atoms. The summed E-state index contributed by atoms with van der Waals surface area (Å²) in [6.45, 7) is 0. The first kappa shape index (κ1) is 19.8. The lowest BCUT2D eigenvalue weighted by molar-refractivity contribution is 0.0735. The number of benzene rings is 1. The molecule has 7 heteroatoms. The molecule has 1 N–H and O–H groups in total. The van der Waals surface area contributed by atoms with E-state index in [-0.39, 0.29) is 11.6 Å². The second-order valence-corrected chi connectivity index (χ2v) is 8.31. The average Bonchev–Trinajstić information content (AvgIpc) is 2.81. The molecular weight excluding hydrogens is 412 g/mol. The zero-order chi connectivity index (χ0) is 21.4. The lowest BCUT2D eigenvalue weighted by Gasteiger charge is -2.29. The van der Waals surface area contributed by atoms with Crippen LogP contribution in [0.25, 0.3) is 33.4 Å². The molecule has 156 valence electrons. The van der Waals surface area contributed by atoms with E-state index in [2.05, 4.69) is 9.97 Å². The largest absolute Gasteiger partial charge is 0.391 e. The molecule has 2 unspecified atom stereocenters. The van der Waals surface area contributed by atoms with Crippen molar-refractivity contribution in [2.24, 2.45) is 0 Å². The molecule has 0 spiro atoms. The number of aliphatic hydroxyl groups is 1. The van der Waals surface area contributed by atoms with Crippen molar-refractivity contribution in [3.8, 4) is 22.5 Å². The molecule has 0 radical (unpaired) electrons. The molecule has 0 amide bonds. The molecule has 1 saturated carbocycles. The van der Waals surface area contributed by atoms with Crippen molar-refractivity contribution in [2.75, 3.05) is 0 Å². The van der Waals surface area contributed by atoms with E-state index in [1.165, 1.54) is 0 Å². The third-order valence-electron chi connectivity index (χ3n) is 5.90. The van der Waals surface area contributed by atoms with E-state index >= 15 is 0 Å². The Morgan fingerprint density at radius 3 is 2.61 bits per heavy atom. The summed E-state index contributed by atoms with van der Waals surface area (Å²) < 4.78 is 1.59. The highest BCUT2D eigenvalue weighted by molar-refractivity contribution is 6.30. The van der Waals surface area contributed by atoms with Crippen molar-refractivity contribution in [2.45, 2.75) is 37.8 Å². The predicted molar refractivity (Wildman–Crippen MR) is 121 cm³/mol. The molecule has 1 fully saturated rings. The van der Waals surface area contributed by atoms with Crippen LogP contribution in [0, 0.1) is 0 Å². The molecule has 1 aliphatic carbocycles. The summed E-state index contributed by atoms with van der Waals surface area (Å²) >= 11 is 6.05. The van der Waals surface area contributed by atoms with Gasteiger partial charge in [0.15, 0.2) is 0 Å². The minimum absolute atomic E-state index is 0.168. The van der Waals surface area contributed by atoms with Crippen LogP contribution in [0.4, 0.5) is 0 Å². The number of aromatic nitrogens is 4. The van der Waals surface area contributed by atoms with Gasteiger partial charge in [0.2, 0.25) is 0 Å². The molecule has 5 rings (SSSR count). The van der Waals surface area contributed by atoms with Gasteiger partial charge >= 0.3 is 0 Å². The van der Waals surface area contributed by atoms with Crippen molar-refractivity contribution in [1.82, 2.24) is 19.5 Å². The quantitative estimate of drug-likeness (QED) is 0.509. The molecule has 3 heterocycles. The van der Waals surface area contributed by atoms with Crippen LogP contribution >= 0.6 is 11.6 Å². The molecule has 0 aliphatic heterocycles. The summed E-state index contributed by atoms with van der Waals surface area (Å²) in [4.78, 5) is 27.2. The van der Waals surface area contributed by atoms with Crippen molar-refractivity contribution in [3.63, 3.8) is 0 Å². The average molecular weight is 433 g/mol. The SMILES string of the molecule is O=c1c2cc(-c3ccc(Cl)cc3)nc(-c3cccnc3)c2ncn1C1CCCCC1O. The summed E-state index contributed by atoms with van der Waals surface area (Å²) in [5.74, 6) is 0. The smallest absolute Gasteiger partial charge is 0.261 e. The molecule has 1 aliphatic rings. The maximum atomic E-state index is 13.5. The number of fused-ring (bicyclic) bond motifs is 1. The Balaban J connectivity index is 1.76. The first-order valence-corrected chi connectivity index (χ1v) is 10.8. The Kier molecular flexibility index (Phi) is 5.26. The number of hydrogen-bond acceptors (Lipinski definition) is 5. The van der Waals surface area contributed by atoms with E-state index in [4.69, 9.17) is 16.6 Å². The third kappa shape index (κ3) is 3.73. The van der Waals surface area contributed by atoms with Gasteiger partial charge in [-0.1, -0.05) is 36.6 Å². The van der Waals surface area contributed by atoms with Gasteiger partial charge < -0.3 is 5.11 Å². The Hall–Kier alpha value is -3.09. The van der Waals surface area contributed by atoms with Crippen LogP contribution in [0.5, 0.6) is 0 Å². The lowest BCUT2D eigenvalue weighted by atomic mass is 9.92. The van der Waals surface area contributed by atoms with Gasteiger partial charge in [0.05, 0.1) is 35.2 Å². The van der Waals surface area contributed by atoms with E-state index in [0.717, 1.165) is 30.4 Å². The van der Waals surface area contributed by atoms with Crippen molar-refractivity contribution < 1.29 is 5.11 Å². The van der Waals surface area contributed by atoms with Gasteiger partial charge in [-0.15, -0.1) is 0 Å². The van der Waals surface area contributed by atoms with Crippen molar-refractivity contribution >= 4 is 22.5 Å². The number of hydrogen-bond donors (Lipinski definition) is 1. The van der Waals surface area contributed by atoms with E-state index in [1.54, 1.807) is 41.5 Å². The van der Waals surface area contributed by atoms with Gasteiger partial charge in [-0.05, 0) is 43.2 Å². The van der Waals surface area contributed by atoms with Crippen LogP contribution in [0.15, 0.2) is 66.0 Å². The monoisotopic (exact) mass is 432 g/mol. The highest BCUT2D eigenvalue weighted by Gasteiger charge is 2.26. The summed E-state index contributed by atoms with van der Waals surface area (Å²) in [5.41, 5.74) is 3.25. The van der Waals surface area contributed by atoms with E-state index in [1.807, 2.05) is 24.3 Å². The summed E-state index contributed by atoms with van der Waals surface area (Å²) in [6.07, 6.45) is 7.84. The molecule has 6 nitrogen and oxygen atoms in total. The van der Waals surface area contributed by atoms with Gasteiger partial charge in [-0.2, -0.15) is 0 Å². The standard InChI is InChI=1S/C24H21ClN4O2/c25-17-9-7-15(8-10-17)19-12-18-23(22(28-19)16-4-3-11-26-13-16)27-14-29(24(18)31)20-5-1-2-6-21(20)30/h3-4,7-14,20-21,30H,1-2,5-6H2. The Labute approximate surface area is 184 Å². The van der Waals surface area contributed by atoms with Gasteiger partial charge in [0, 0.05) is 28.5 Å². The van der Waals surface area contributed by atoms with Gasteiger partial charge in [-0.25, -0.2) is 9.97 Å². The third-order valence-corrected chi connectivity index (χ3v) is 6.15. The molecule has 1 aromatic carbocycles. The van der Waals surface area contributed by atoms with Gasteiger partial charge in [-0.3, -0.25) is 14.3 Å². The van der Waals surface area contributed by atoms with Crippen molar-refractivity contribution in [1.29, 1.82) is 0 Å². The topological polar surface area (TPSA) is 80.9 Å². The molecule has 2 atom stereocenters. The Morgan fingerprint density at radius 2 is 1.87 bits per heavy atom. The van der Waals surface area contributed by atoms with E-state index < -0.39 is 6.10 Å². The fourth-order valence-corrected chi connectivity index (χ4v) is 4.39. The molecule has 4 aromatic rings. The lowest BCUT2D eigenvalue weighted by Crippen LogP contribution is -2.34. The van der Waals surface area contributed by atoms with Gasteiger partial charge in [0.25, 0.3) is 5.56 Å². The summed E-state index contributed by atoms with van der Waals surface area (Å²) in [6, 6.07) is 12.6. The van der Waals surface area contributed by atoms with Crippen molar-refractivity contribution in [3.05, 3.63) is 76.6 Å². The number of nitrogens with zero attached hydrogens (tertiary/aromatic N) is 4. The van der Waals surface area contributed by atoms with Crippen LogP contribution < -0.4 is 5.56 Å². The number of aliphatic hydroxyl groups excluding tert-OH is 1. The fraction of sp³-hybridized carbons (Fsp3) is 0.250. The predicted octanol–water partition coefficient (Wildman–Crippen LogP) is 4.65. The zero-order valence-electron chi connectivity index (χ0n) is 16.8. The van der Waals surface area contributed by atoms with Crippen LogP contribution in [0.1, 0.15) is 31.7 Å². The minimum Gasteiger partial charge on any atom is -0.391 e.